The average Bonchev–Trinajstić information content (AvgIpc) is 2.85. The number of methoxy groups -OCH3 is 1. The maximum Gasteiger partial charge on any atom is 0.325 e. The van der Waals surface area contributed by atoms with Gasteiger partial charge in [0.25, 0.3) is 0 Å². The van der Waals surface area contributed by atoms with Gasteiger partial charge in [0.2, 0.25) is 0 Å². The summed E-state index contributed by atoms with van der Waals surface area (Å²) in [6.07, 6.45) is 3.58. The second kappa shape index (κ2) is 4.34. The Bertz CT molecular complexity index is 253. The monoisotopic (exact) mass is 229 g/mol. The van der Waals surface area contributed by atoms with Crippen molar-refractivity contribution in [3.8, 4) is 0 Å². The van der Waals surface area contributed by atoms with E-state index in [0.29, 0.717) is 5.92 Å². The van der Waals surface area contributed by atoms with Gasteiger partial charge in [0.05, 0.1) is 7.11 Å². The third-order valence-electron chi connectivity index (χ3n) is 3.55. The maximum absolute atomic E-state index is 11.6. The fourth-order valence-corrected chi connectivity index (χ4v) is 4.08. The summed E-state index contributed by atoms with van der Waals surface area (Å²) in [6.45, 7) is 2.92. The molecule has 0 saturated carbocycles. The van der Waals surface area contributed by atoms with E-state index in [1.54, 1.807) is 0 Å². The van der Waals surface area contributed by atoms with Crippen LogP contribution >= 0.6 is 11.8 Å². The first-order chi connectivity index (χ1) is 7.15. The Labute approximate surface area is 95.3 Å². The van der Waals surface area contributed by atoms with Crippen LogP contribution in [-0.2, 0) is 9.53 Å². The van der Waals surface area contributed by atoms with E-state index < -0.39 is 5.54 Å². The van der Waals surface area contributed by atoms with E-state index in [-0.39, 0.29) is 5.97 Å². The van der Waals surface area contributed by atoms with Crippen LogP contribution in [0.25, 0.3) is 0 Å². The number of hydrogen-bond acceptors (Lipinski definition) is 4. The molecule has 0 bridgehead atoms. The Kier molecular flexibility index (Phi) is 3.26. The molecule has 2 saturated heterocycles. The lowest BCUT2D eigenvalue weighted by molar-refractivity contribution is -0.147. The number of nitrogens with one attached hydrogen (secondary N) is 1. The van der Waals surface area contributed by atoms with Crippen molar-refractivity contribution in [2.24, 2.45) is 5.92 Å². The number of carbonyl (C=O) groups excluding carboxylic acids is 1. The fraction of sp³-hybridized carbons (Fsp3) is 0.909. The van der Waals surface area contributed by atoms with Crippen LogP contribution in [0.3, 0.4) is 0 Å². The molecule has 0 aromatic heterocycles. The maximum atomic E-state index is 11.6. The summed E-state index contributed by atoms with van der Waals surface area (Å²) >= 11 is 2.07. The molecule has 2 aliphatic heterocycles. The van der Waals surface area contributed by atoms with Gasteiger partial charge < -0.3 is 10.1 Å². The number of ether oxygens (including phenoxy) is 1. The average molecular weight is 229 g/mol. The summed E-state index contributed by atoms with van der Waals surface area (Å²) in [5.74, 6) is 1.81. The first-order valence-electron chi connectivity index (χ1n) is 5.61. The zero-order valence-electron chi connectivity index (χ0n) is 9.41. The van der Waals surface area contributed by atoms with Gasteiger partial charge in [0, 0.05) is 11.8 Å². The first kappa shape index (κ1) is 11.3. The van der Waals surface area contributed by atoms with Crippen LogP contribution in [0.15, 0.2) is 0 Å². The van der Waals surface area contributed by atoms with Gasteiger partial charge in [-0.3, -0.25) is 4.79 Å². The van der Waals surface area contributed by atoms with Crippen molar-refractivity contribution >= 4 is 17.7 Å². The molecule has 0 spiro atoms. The molecular weight excluding hydrogens is 210 g/mol. The molecule has 86 valence electrons. The predicted molar refractivity (Wildman–Crippen MR) is 62.0 cm³/mol. The van der Waals surface area contributed by atoms with Crippen molar-refractivity contribution in [2.45, 2.75) is 37.0 Å². The molecule has 2 heterocycles. The van der Waals surface area contributed by atoms with E-state index in [0.717, 1.165) is 18.2 Å². The number of thioether (sulfide) groups is 1. The smallest absolute Gasteiger partial charge is 0.325 e. The van der Waals surface area contributed by atoms with Crippen molar-refractivity contribution in [2.75, 3.05) is 19.4 Å². The largest absolute Gasteiger partial charge is 0.468 e. The summed E-state index contributed by atoms with van der Waals surface area (Å²) in [4.78, 5) is 11.6. The number of esters is 1. The summed E-state index contributed by atoms with van der Waals surface area (Å²) in [5.41, 5.74) is -0.442. The second-order valence-corrected chi connectivity index (χ2v) is 6.07. The normalized spacial score (nSPS) is 40.7. The van der Waals surface area contributed by atoms with Gasteiger partial charge in [0.1, 0.15) is 5.54 Å². The van der Waals surface area contributed by atoms with Gasteiger partial charge in [-0.2, -0.15) is 11.8 Å². The highest BCUT2D eigenvalue weighted by molar-refractivity contribution is 8.00. The Morgan fingerprint density at radius 3 is 3.00 bits per heavy atom. The van der Waals surface area contributed by atoms with E-state index in [4.69, 9.17) is 4.74 Å². The second-order valence-electron chi connectivity index (χ2n) is 4.72. The number of rotatable bonds is 2. The zero-order valence-corrected chi connectivity index (χ0v) is 10.2. The SMILES string of the molecule is COC(=O)C1(C)CC(C2CCCS2)CN1. The highest BCUT2D eigenvalue weighted by atomic mass is 32.2. The summed E-state index contributed by atoms with van der Waals surface area (Å²) in [7, 11) is 1.47. The van der Waals surface area contributed by atoms with Gasteiger partial charge in [-0.05, 0) is 37.9 Å². The molecule has 3 nitrogen and oxygen atoms in total. The topological polar surface area (TPSA) is 38.3 Å². The van der Waals surface area contributed by atoms with E-state index in [2.05, 4.69) is 17.1 Å². The molecule has 1 N–H and O–H groups in total. The molecule has 0 aromatic carbocycles. The van der Waals surface area contributed by atoms with Crippen molar-refractivity contribution in [1.29, 1.82) is 0 Å². The van der Waals surface area contributed by atoms with E-state index in [1.807, 2.05) is 6.92 Å². The standard InChI is InChI=1S/C11H19NO2S/c1-11(10(13)14-2)6-8(7-12-11)9-4-3-5-15-9/h8-9,12H,3-7H2,1-2H3. The van der Waals surface area contributed by atoms with Gasteiger partial charge in [0.15, 0.2) is 0 Å². The quantitative estimate of drug-likeness (QED) is 0.727. The third-order valence-corrected chi connectivity index (χ3v) is 5.12. The Hall–Kier alpha value is -0.220. The molecule has 0 aromatic rings. The lowest BCUT2D eigenvalue weighted by atomic mass is 9.91. The van der Waals surface area contributed by atoms with E-state index in [9.17, 15) is 4.79 Å². The van der Waals surface area contributed by atoms with Crippen molar-refractivity contribution in [1.82, 2.24) is 5.32 Å². The molecule has 2 fully saturated rings. The molecule has 4 heteroatoms. The fourth-order valence-electron chi connectivity index (χ4n) is 2.64. The minimum Gasteiger partial charge on any atom is -0.468 e. The van der Waals surface area contributed by atoms with Crippen molar-refractivity contribution in [3.05, 3.63) is 0 Å². The van der Waals surface area contributed by atoms with Crippen LogP contribution in [-0.4, -0.2) is 36.2 Å². The first-order valence-corrected chi connectivity index (χ1v) is 6.65. The Balaban J connectivity index is 1.96. The van der Waals surface area contributed by atoms with Crippen LogP contribution in [0.4, 0.5) is 0 Å². The van der Waals surface area contributed by atoms with Crippen LogP contribution in [0.1, 0.15) is 26.2 Å². The highest BCUT2D eigenvalue weighted by Crippen LogP contribution is 2.38. The molecule has 0 aliphatic carbocycles. The molecule has 0 amide bonds. The van der Waals surface area contributed by atoms with E-state index >= 15 is 0 Å². The minimum absolute atomic E-state index is 0.118. The molecule has 2 rings (SSSR count). The van der Waals surface area contributed by atoms with Crippen molar-refractivity contribution < 1.29 is 9.53 Å². The summed E-state index contributed by atoms with van der Waals surface area (Å²) < 4.78 is 4.84. The lowest BCUT2D eigenvalue weighted by Gasteiger charge is -2.22. The van der Waals surface area contributed by atoms with Gasteiger partial charge in [-0.15, -0.1) is 0 Å². The zero-order chi connectivity index (χ0) is 10.9. The third kappa shape index (κ3) is 2.16. The van der Waals surface area contributed by atoms with Crippen LogP contribution < -0.4 is 5.32 Å². The summed E-state index contributed by atoms with van der Waals surface area (Å²) in [5, 5.41) is 4.08. The minimum atomic E-state index is -0.442. The predicted octanol–water partition coefficient (Wildman–Crippen LogP) is 1.42. The summed E-state index contributed by atoms with van der Waals surface area (Å²) in [6, 6.07) is 0. The molecule has 15 heavy (non-hydrogen) atoms. The molecule has 3 atom stereocenters. The Morgan fingerprint density at radius 2 is 2.40 bits per heavy atom. The molecule has 0 radical (unpaired) electrons. The number of carbonyl (C=O) groups is 1. The van der Waals surface area contributed by atoms with E-state index in [1.165, 1.54) is 25.7 Å². The molecule has 2 aliphatic rings. The lowest BCUT2D eigenvalue weighted by Crippen LogP contribution is -2.45. The Morgan fingerprint density at radius 1 is 1.60 bits per heavy atom. The molecular formula is C11H19NO2S. The van der Waals surface area contributed by atoms with Gasteiger partial charge in [-0.1, -0.05) is 0 Å². The van der Waals surface area contributed by atoms with Gasteiger partial charge >= 0.3 is 5.97 Å². The van der Waals surface area contributed by atoms with Crippen molar-refractivity contribution in [3.63, 3.8) is 0 Å². The van der Waals surface area contributed by atoms with Crippen LogP contribution in [0.2, 0.25) is 0 Å². The van der Waals surface area contributed by atoms with Gasteiger partial charge in [-0.25, -0.2) is 0 Å². The molecule has 3 unspecified atom stereocenters. The van der Waals surface area contributed by atoms with Crippen LogP contribution in [0.5, 0.6) is 0 Å². The highest BCUT2D eigenvalue weighted by Gasteiger charge is 2.44. The number of hydrogen-bond donors (Lipinski definition) is 1. The van der Waals surface area contributed by atoms with Crippen LogP contribution in [0, 0.1) is 5.92 Å².